The maximum absolute atomic E-state index is 11.8. The van der Waals surface area contributed by atoms with E-state index < -0.39 is 0 Å². The maximum atomic E-state index is 11.8. The van der Waals surface area contributed by atoms with Crippen molar-refractivity contribution in [3.8, 4) is 0 Å². The number of hydrogen-bond donors (Lipinski definition) is 0. The summed E-state index contributed by atoms with van der Waals surface area (Å²) in [5.74, 6) is 0.343. The quantitative estimate of drug-likeness (QED) is 0.822. The van der Waals surface area contributed by atoms with Crippen molar-refractivity contribution in [1.29, 1.82) is 0 Å². The fourth-order valence-corrected chi connectivity index (χ4v) is 2.55. The summed E-state index contributed by atoms with van der Waals surface area (Å²) in [6.07, 6.45) is 0.686. The monoisotopic (exact) mass is 267 g/mol. The normalized spacial score (nSPS) is 22.3. The molecule has 0 N–H and O–H groups in total. The molecule has 0 saturated carbocycles. The second kappa shape index (κ2) is 4.45. The zero-order chi connectivity index (χ0) is 10.8. The minimum atomic E-state index is -0.0208. The predicted molar refractivity (Wildman–Crippen MR) is 63.8 cm³/mol. The Morgan fingerprint density at radius 1 is 1.53 bits per heavy atom. The van der Waals surface area contributed by atoms with Gasteiger partial charge in [0.1, 0.15) is 0 Å². The Hall–Kier alpha value is -0.670. The van der Waals surface area contributed by atoms with Crippen LogP contribution in [0.15, 0.2) is 28.7 Å². The van der Waals surface area contributed by atoms with E-state index in [1.54, 1.807) is 0 Å². The zero-order valence-electron chi connectivity index (χ0n) is 8.74. The van der Waals surface area contributed by atoms with Crippen LogP contribution in [0.5, 0.6) is 0 Å². The Labute approximate surface area is 98.4 Å². The van der Waals surface area contributed by atoms with Crippen LogP contribution < -0.4 is 0 Å². The molecule has 1 aromatic carbocycles. The van der Waals surface area contributed by atoms with Gasteiger partial charge in [-0.1, -0.05) is 35.0 Å². The molecule has 1 atom stereocenters. The van der Waals surface area contributed by atoms with Crippen molar-refractivity contribution in [2.24, 2.45) is 0 Å². The van der Waals surface area contributed by atoms with Gasteiger partial charge in [0.25, 0.3) is 0 Å². The Morgan fingerprint density at radius 3 is 3.00 bits per heavy atom. The average molecular weight is 268 g/mol. The lowest BCUT2D eigenvalue weighted by Crippen LogP contribution is -2.25. The van der Waals surface area contributed by atoms with Gasteiger partial charge in [-0.05, 0) is 24.2 Å². The lowest BCUT2D eigenvalue weighted by Gasteiger charge is -2.21. The second-order valence-electron chi connectivity index (χ2n) is 3.80. The molecule has 2 rings (SSSR count). The molecular weight excluding hydrogens is 254 g/mol. The van der Waals surface area contributed by atoms with Crippen molar-refractivity contribution in [2.75, 3.05) is 13.1 Å². The molecule has 1 aliphatic heterocycles. The highest BCUT2D eigenvalue weighted by Crippen LogP contribution is 2.29. The molecule has 0 aromatic heterocycles. The van der Waals surface area contributed by atoms with Crippen molar-refractivity contribution in [3.05, 3.63) is 34.3 Å². The number of ketones is 1. The predicted octanol–water partition coefficient (Wildman–Crippen LogP) is 2.78. The molecule has 15 heavy (non-hydrogen) atoms. The first kappa shape index (κ1) is 10.8. The Balaban J connectivity index is 2.32. The van der Waals surface area contributed by atoms with Crippen LogP contribution >= 0.6 is 15.9 Å². The van der Waals surface area contributed by atoms with Crippen LogP contribution in [-0.2, 0) is 4.79 Å². The summed E-state index contributed by atoms with van der Waals surface area (Å²) < 4.78 is 1.04. The molecule has 1 fully saturated rings. The summed E-state index contributed by atoms with van der Waals surface area (Å²) in [6.45, 7) is 3.93. The third-order valence-corrected chi connectivity index (χ3v) is 3.38. The summed E-state index contributed by atoms with van der Waals surface area (Å²) in [6, 6.07) is 8.02. The first-order valence-corrected chi connectivity index (χ1v) is 6.04. The second-order valence-corrected chi connectivity index (χ2v) is 4.72. The van der Waals surface area contributed by atoms with Crippen LogP contribution in [0.1, 0.15) is 24.9 Å². The number of nitrogens with zero attached hydrogens (tertiary/aromatic N) is 1. The van der Waals surface area contributed by atoms with Crippen molar-refractivity contribution < 1.29 is 4.79 Å². The number of likely N-dealkylation sites (N-methyl/N-ethyl adjacent to an activating group) is 1. The van der Waals surface area contributed by atoms with E-state index in [9.17, 15) is 4.79 Å². The maximum Gasteiger partial charge on any atom is 0.155 e. The molecule has 1 aromatic rings. The van der Waals surface area contributed by atoms with Crippen LogP contribution in [0.4, 0.5) is 0 Å². The first-order valence-electron chi connectivity index (χ1n) is 5.24. The number of carbonyl (C=O) groups is 1. The van der Waals surface area contributed by atoms with Gasteiger partial charge in [-0.3, -0.25) is 9.69 Å². The van der Waals surface area contributed by atoms with E-state index in [-0.39, 0.29) is 6.04 Å². The molecule has 0 aliphatic carbocycles. The highest BCUT2D eigenvalue weighted by molar-refractivity contribution is 9.10. The van der Waals surface area contributed by atoms with Crippen LogP contribution in [0.3, 0.4) is 0 Å². The summed E-state index contributed by atoms with van der Waals surface area (Å²) in [7, 11) is 0. The van der Waals surface area contributed by atoms with E-state index in [1.165, 1.54) is 0 Å². The Bertz CT molecular complexity index is 378. The van der Waals surface area contributed by atoms with Gasteiger partial charge >= 0.3 is 0 Å². The fourth-order valence-electron chi connectivity index (χ4n) is 2.14. The number of Topliss-reactive ketones (excluding diaryl/α,β-unsaturated/α-hetero) is 1. The summed E-state index contributed by atoms with van der Waals surface area (Å²) >= 11 is 3.44. The van der Waals surface area contributed by atoms with Crippen molar-refractivity contribution in [3.63, 3.8) is 0 Å². The van der Waals surface area contributed by atoms with Crippen LogP contribution in [0, 0.1) is 0 Å². The van der Waals surface area contributed by atoms with E-state index in [1.807, 2.05) is 24.3 Å². The van der Waals surface area contributed by atoms with Crippen LogP contribution in [0.2, 0.25) is 0 Å². The minimum Gasteiger partial charge on any atom is -0.297 e. The summed E-state index contributed by atoms with van der Waals surface area (Å²) in [5, 5.41) is 0. The van der Waals surface area contributed by atoms with E-state index in [0.717, 1.165) is 23.1 Å². The van der Waals surface area contributed by atoms with Crippen molar-refractivity contribution in [2.45, 2.75) is 19.4 Å². The number of carbonyl (C=O) groups excluding carboxylic acids is 1. The van der Waals surface area contributed by atoms with Gasteiger partial charge in [-0.25, -0.2) is 0 Å². The van der Waals surface area contributed by atoms with Crippen LogP contribution in [-0.4, -0.2) is 23.8 Å². The third-order valence-electron chi connectivity index (χ3n) is 2.89. The Morgan fingerprint density at radius 2 is 2.33 bits per heavy atom. The van der Waals surface area contributed by atoms with E-state index in [0.29, 0.717) is 12.2 Å². The molecule has 1 aliphatic rings. The minimum absolute atomic E-state index is 0.0208. The standard InChI is InChI=1S/C12H14BrNO/c1-2-14-7-6-11(15)12(14)9-4-3-5-10(13)8-9/h3-5,8,12H,2,6-7H2,1H3. The van der Waals surface area contributed by atoms with Gasteiger partial charge in [-0.15, -0.1) is 0 Å². The third kappa shape index (κ3) is 2.13. The Kier molecular flexibility index (Phi) is 3.22. The molecule has 80 valence electrons. The van der Waals surface area contributed by atoms with Gasteiger partial charge in [0, 0.05) is 17.4 Å². The van der Waals surface area contributed by atoms with Crippen molar-refractivity contribution in [1.82, 2.24) is 4.90 Å². The number of benzene rings is 1. The zero-order valence-corrected chi connectivity index (χ0v) is 10.3. The number of hydrogen-bond acceptors (Lipinski definition) is 2. The molecule has 0 bridgehead atoms. The fraction of sp³-hybridized carbons (Fsp3) is 0.417. The molecule has 1 heterocycles. The van der Waals surface area contributed by atoms with Crippen LogP contribution in [0.25, 0.3) is 0 Å². The molecule has 3 heteroatoms. The van der Waals surface area contributed by atoms with Crippen molar-refractivity contribution >= 4 is 21.7 Å². The highest BCUT2D eigenvalue weighted by atomic mass is 79.9. The molecule has 1 saturated heterocycles. The van der Waals surface area contributed by atoms with Gasteiger partial charge in [-0.2, -0.15) is 0 Å². The molecule has 0 spiro atoms. The van der Waals surface area contributed by atoms with E-state index in [4.69, 9.17) is 0 Å². The topological polar surface area (TPSA) is 20.3 Å². The lowest BCUT2D eigenvalue weighted by molar-refractivity contribution is -0.120. The molecule has 1 unspecified atom stereocenters. The first-order chi connectivity index (χ1) is 7.22. The molecule has 2 nitrogen and oxygen atoms in total. The lowest BCUT2D eigenvalue weighted by atomic mass is 10.0. The number of likely N-dealkylation sites (tertiary alicyclic amines) is 1. The van der Waals surface area contributed by atoms with Gasteiger partial charge in [0.05, 0.1) is 6.04 Å². The van der Waals surface area contributed by atoms with E-state index in [2.05, 4.69) is 27.8 Å². The number of halogens is 1. The number of rotatable bonds is 2. The average Bonchev–Trinajstić information content (AvgIpc) is 2.59. The van der Waals surface area contributed by atoms with Gasteiger partial charge in [0.15, 0.2) is 5.78 Å². The van der Waals surface area contributed by atoms with Gasteiger partial charge < -0.3 is 0 Å². The molecular formula is C12H14BrNO. The van der Waals surface area contributed by atoms with E-state index >= 15 is 0 Å². The summed E-state index contributed by atoms with van der Waals surface area (Å²) in [5.41, 5.74) is 1.11. The molecule has 0 amide bonds. The SMILES string of the molecule is CCN1CCC(=O)C1c1cccc(Br)c1. The van der Waals surface area contributed by atoms with Gasteiger partial charge in [0.2, 0.25) is 0 Å². The summed E-state index contributed by atoms with van der Waals surface area (Å²) in [4.78, 5) is 14.0. The smallest absolute Gasteiger partial charge is 0.155 e. The largest absolute Gasteiger partial charge is 0.297 e. The highest BCUT2D eigenvalue weighted by Gasteiger charge is 2.32. The molecule has 0 radical (unpaired) electrons.